The number of imide groups is 1. The summed E-state index contributed by atoms with van der Waals surface area (Å²) in [6.45, 7) is 1.46. The second kappa shape index (κ2) is 11.4. The number of nitrogens with one attached hydrogen (secondary N) is 1. The van der Waals surface area contributed by atoms with Gasteiger partial charge in [0.2, 0.25) is 0 Å². The summed E-state index contributed by atoms with van der Waals surface area (Å²) in [4.78, 5) is 28.6. The minimum atomic E-state index is -0.506. The van der Waals surface area contributed by atoms with E-state index >= 15 is 0 Å². The van der Waals surface area contributed by atoms with Gasteiger partial charge in [-0.05, 0) is 50.1 Å². The number of halogens is 1. The molecule has 1 fully saturated rings. The minimum Gasteiger partial charge on any atom is -0.504 e. The van der Waals surface area contributed by atoms with Gasteiger partial charge >= 0.3 is 0 Å². The van der Waals surface area contributed by atoms with Crippen LogP contribution in [-0.2, 0) is 6.54 Å². The van der Waals surface area contributed by atoms with Crippen molar-refractivity contribution in [3.8, 4) is 22.6 Å². The maximum atomic E-state index is 13.2. The Kier molecular flexibility index (Phi) is 7.64. The van der Waals surface area contributed by atoms with Crippen molar-refractivity contribution in [2.75, 3.05) is 26.8 Å². The number of rotatable bonds is 9. The monoisotopic (exact) mass is 575 g/mol. The molecule has 0 radical (unpaired) electrons. The number of aromatic nitrogens is 1. The molecule has 8 nitrogen and oxygen atoms in total. The van der Waals surface area contributed by atoms with Crippen molar-refractivity contribution >= 4 is 45.2 Å². The number of aromatic hydroxyl groups is 1. The van der Waals surface area contributed by atoms with Crippen LogP contribution in [0, 0.1) is 0 Å². The molecule has 0 saturated heterocycles. The number of aliphatic hydroxyl groups is 1. The standard InChI is InChI=1S/C32H34ClN3O5/c1-35(19-8-3-2-4-9-19)12-7-15-41-27-18-24-22(17-26(27)38)28-25(36(24)13-14-37)16-21(20-10-5-6-11-23(20)33)29-30(28)32(40)34-31(29)39/h5-6,10-11,16-19,37-38H,2-4,7-9,12-15H2,1H3,(H,34,39,40). The molecule has 0 atom stereocenters. The van der Waals surface area contributed by atoms with Gasteiger partial charge in [0.25, 0.3) is 11.8 Å². The van der Waals surface area contributed by atoms with Crippen LogP contribution in [0.25, 0.3) is 32.9 Å². The van der Waals surface area contributed by atoms with Gasteiger partial charge in [0.1, 0.15) is 0 Å². The van der Waals surface area contributed by atoms with E-state index in [4.69, 9.17) is 16.3 Å². The lowest BCUT2D eigenvalue weighted by Crippen LogP contribution is -2.34. The summed E-state index contributed by atoms with van der Waals surface area (Å²) in [5, 5.41) is 25.0. The summed E-state index contributed by atoms with van der Waals surface area (Å²) in [5.74, 6) is -0.709. The van der Waals surface area contributed by atoms with Crippen molar-refractivity contribution in [1.29, 1.82) is 0 Å². The number of ether oxygens (including phenoxy) is 1. The molecule has 2 heterocycles. The van der Waals surface area contributed by atoms with Crippen LogP contribution in [0.2, 0.25) is 5.02 Å². The first-order valence-corrected chi connectivity index (χ1v) is 14.7. The lowest BCUT2D eigenvalue weighted by molar-refractivity contribution is 0.0880. The summed E-state index contributed by atoms with van der Waals surface area (Å²) in [5.41, 5.74) is 2.99. The lowest BCUT2D eigenvalue weighted by atomic mass is 9.93. The molecule has 4 aromatic rings. The van der Waals surface area contributed by atoms with Gasteiger partial charge in [-0.2, -0.15) is 0 Å². The number of hydrogen-bond acceptors (Lipinski definition) is 6. The number of nitrogens with zero attached hydrogens (tertiary/aromatic N) is 2. The molecule has 214 valence electrons. The van der Waals surface area contributed by atoms with Crippen LogP contribution >= 0.6 is 11.6 Å². The number of phenols is 1. The van der Waals surface area contributed by atoms with Gasteiger partial charge in [0.05, 0.1) is 35.4 Å². The fourth-order valence-electron chi connectivity index (χ4n) is 6.51. The Hall–Kier alpha value is -3.59. The summed E-state index contributed by atoms with van der Waals surface area (Å²) in [6, 6.07) is 13.0. The molecule has 9 heteroatoms. The number of benzene rings is 3. The van der Waals surface area contributed by atoms with Crippen LogP contribution in [0.4, 0.5) is 0 Å². The molecule has 2 amide bonds. The number of aliphatic hydroxyl groups excluding tert-OH is 1. The zero-order valence-corrected chi connectivity index (χ0v) is 23.8. The predicted molar refractivity (Wildman–Crippen MR) is 160 cm³/mol. The molecular formula is C32H34ClN3O5. The highest BCUT2D eigenvalue weighted by Gasteiger charge is 2.35. The van der Waals surface area contributed by atoms with E-state index in [1.54, 1.807) is 24.3 Å². The Morgan fingerprint density at radius 3 is 2.54 bits per heavy atom. The van der Waals surface area contributed by atoms with Gasteiger partial charge in [-0.25, -0.2) is 0 Å². The number of hydrogen-bond donors (Lipinski definition) is 3. The average molecular weight is 576 g/mol. The third-order valence-corrected chi connectivity index (χ3v) is 8.84. The molecule has 0 spiro atoms. The number of fused-ring (bicyclic) bond motifs is 5. The van der Waals surface area contributed by atoms with E-state index < -0.39 is 11.8 Å². The molecule has 0 unspecified atom stereocenters. The van der Waals surface area contributed by atoms with E-state index in [-0.39, 0.29) is 30.0 Å². The van der Waals surface area contributed by atoms with Crippen molar-refractivity contribution in [1.82, 2.24) is 14.8 Å². The van der Waals surface area contributed by atoms with Gasteiger partial charge in [0, 0.05) is 46.6 Å². The number of phenolic OH excluding ortho intramolecular Hbond substituents is 1. The van der Waals surface area contributed by atoms with Crippen molar-refractivity contribution in [2.24, 2.45) is 0 Å². The van der Waals surface area contributed by atoms with E-state index in [1.807, 2.05) is 22.8 Å². The molecule has 6 rings (SSSR count). The second-order valence-corrected chi connectivity index (χ2v) is 11.4. The maximum Gasteiger partial charge on any atom is 0.259 e. The highest BCUT2D eigenvalue weighted by molar-refractivity contribution is 6.36. The van der Waals surface area contributed by atoms with Crippen LogP contribution in [0.15, 0.2) is 42.5 Å². The summed E-state index contributed by atoms with van der Waals surface area (Å²) in [6.07, 6.45) is 7.22. The van der Waals surface area contributed by atoms with Gasteiger partial charge in [-0.1, -0.05) is 49.1 Å². The number of carbonyl (C=O) groups excluding carboxylic acids is 2. The van der Waals surface area contributed by atoms with Crippen molar-refractivity contribution in [2.45, 2.75) is 51.1 Å². The van der Waals surface area contributed by atoms with Crippen LogP contribution in [0.1, 0.15) is 59.2 Å². The molecule has 0 bridgehead atoms. The van der Waals surface area contributed by atoms with Gasteiger partial charge < -0.3 is 24.4 Å². The van der Waals surface area contributed by atoms with Gasteiger partial charge in [-0.3, -0.25) is 14.9 Å². The Labute approximate surface area is 243 Å². The zero-order valence-electron chi connectivity index (χ0n) is 23.1. The molecule has 2 aliphatic rings. The highest BCUT2D eigenvalue weighted by Crippen LogP contribution is 2.44. The first-order valence-electron chi connectivity index (χ1n) is 14.3. The number of amides is 2. The largest absolute Gasteiger partial charge is 0.504 e. The topological polar surface area (TPSA) is 104 Å². The summed E-state index contributed by atoms with van der Waals surface area (Å²) >= 11 is 6.52. The first kappa shape index (κ1) is 27.6. The average Bonchev–Trinajstić information content (AvgIpc) is 3.43. The molecule has 41 heavy (non-hydrogen) atoms. The Bertz CT molecular complexity index is 1660. The normalized spacial score (nSPS) is 15.7. The maximum absolute atomic E-state index is 13.2. The predicted octanol–water partition coefficient (Wildman–Crippen LogP) is 5.73. The van der Waals surface area contributed by atoms with E-state index in [0.29, 0.717) is 56.4 Å². The fourth-order valence-corrected chi connectivity index (χ4v) is 6.74. The molecule has 1 aliphatic carbocycles. The van der Waals surface area contributed by atoms with Gasteiger partial charge in [0.15, 0.2) is 11.5 Å². The Morgan fingerprint density at radius 1 is 1.02 bits per heavy atom. The van der Waals surface area contributed by atoms with E-state index in [9.17, 15) is 19.8 Å². The van der Waals surface area contributed by atoms with Crippen LogP contribution < -0.4 is 10.1 Å². The molecule has 3 aromatic carbocycles. The quantitative estimate of drug-likeness (QED) is 0.174. The molecule has 3 N–H and O–H groups in total. The lowest BCUT2D eigenvalue weighted by Gasteiger charge is -2.31. The van der Waals surface area contributed by atoms with Crippen LogP contribution in [0.5, 0.6) is 11.5 Å². The van der Waals surface area contributed by atoms with Gasteiger partial charge in [-0.15, -0.1) is 0 Å². The number of carbonyl (C=O) groups is 2. The first-order chi connectivity index (χ1) is 19.9. The minimum absolute atomic E-state index is 0.0464. The molecule has 1 saturated carbocycles. The SMILES string of the molecule is CN(CCCOc1cc2c(cc1O)c1c3c(c(-c4ccccc4Cl)cc1n2CCO)C(=O)NC3=O)C1CCCCC1. The van der Waals surface area contributed by atoms with Crippen LogP contribution in [-0.4, -0.2) is 64.3 Å². The highest BCUT2D eigenvalue weighted by atomic mass is 35.5. The van der Waals surface area contributed by atoms with E-state index in [2.05, 4.69) is 17.3 Å². The third-order valence-electron chi connectivity index (χ3n) is 8.51. The smallest absolute Gasteiger partial charge is 0.259 e. The Balaban J connectivity index is 1.40. The molecule has 1 aromatic heterocycles. The second-order valence-electron chi connectivity index (χ2n) is 11.0. The van der Waals surface area contributed by atoms with Crippen LogP contribution in [0.3, 0.4) is 0 Å². The summed E-state index contributed by atoms with van der Waals surface area (Å²) in [7, 11) is 2.17. The van der Waals surface area contributed by atoms with Crippen molar-refractivity contribution in [3.05, 3.63) is 58.6 Å². The fraction of sp³-hybridized carbons (Fsp3) is 0.375. The molecule has 1 aliphatic heterocycles. The molecular weight excluding hydrogens is 542 g/mol. The Morgan fingerprint density at radius 2 is 1.78 bits per heavy atom. The zero-order chi connectivity index (χ0) is 28.7. The summed E-state index contributed by atoms with van der Waals surface area (Å²) < 4.78 is 7.94. The van der Waals surface area contributed by atoms with Crippen molar-refractivity contribution in [3.63, 3.8) is 0 Å². The van der Waals surface area contributed by atoms with E-state index in [0.717, 1.165) is 13.0 Å². The third kappa shape index (κ3) is 4.94. The van der Waals surface area contributed by atoms with E-state index in [1.165, 1.54) is 32.1 Å². The van der Waals surface area contributed by atoms with Crippen molar-refractivity contribution < 1.29 is 24.5 Å².